The molecule has 0 aliphatic rings. The molecular weight excluding hydrogens is 338 g/mol. The third-order valence-corrected chi connectivity index (χ3v) is 2.74. The number of nitro benzene ring substituents is 1. The summed E-state index contributed by atoms with van der Waals surface area (Å²) < 4.78 is 25.9. The maximum absolute atomic E-state index is 12.1. The first-order valence-corrected chi connectivity index (χ1v) is 8.38. The van der Waals surface area contributed by atoms with Gasteiger partial charge >= 0.3 is 0 Å². The first-order valence-electron chi connectivity index (χ1n) is 6.54. The molecule has 0 unspecified atom stereocenters. The maximum Gasteiger partial charge on any atom is 0.274 e. The summed E-state index contributed by atoms with van der Waals surface area (Å²) in [6, 6.07) is 12.6. The Morgan fingerprint density at radius 3 is 2.12 bits per heavy atom. The number of carbonyl (C=O) groups excluding carboxylic acids is 1. The molecule has 0 fully saturated rings. The van der Waals surface area contributed by atoms with Crippen molar-refractivity contribution in [3.8, 4) is 0 Å². The Bertz CT molecular complexity index is 824. The zero-order valence-electron chi connectivity index (χ0n) is 12.6. The van der Waals surface area contributed by atoms with Crippen LogP contribution in [0.5, 0.6) is 0 Å². The van der Waals surface area contributed by atoms with Crippen molar-refractivity contribution in [3.05, 3.63) is 75.3 Å². The Morgan fingerprint density at radius 1 is 1.12 bits per heavy atom. The van der Waals surface area contributed by atoms with E-state index in [0.717, 1.165) is 0 Å². The molecule has 0 saturated carbocycles. The molecule has 24 heavy (non-hydrogen) atoms. The predicted molar refractivity (Wildman–Crippen MR) is 86.4 cm³/mol. The quantitative estimate of drug-likeness (QED) is 0.370. The van der Waals surface area contributed by atoms with Gasteiger partial charge in [-0.2, -0.15) is 8.42 Å². The summed E-state index contributed by atoms with van der Waals surface area (Å²) in [5.74, 6) is -0.231. The van der Waals surface area contributed by atoms with Gasteiger partial charge in [-0.05, 0) is 12.1 Å². The van der Waals surface area contributed by atoms with Gasteiger partial charge < -0.3 is 5.11 Å². The molecule has 0 aliphatic heterocycles. The average molecular weight is 353 g/mol. The average Bonchev–Trinajstić information content (AvgIpc) is 2.52. The van der Waals surface area contributed by atoms with Crippen molar-refractivity contribution in [2.45, 2.75) is 6.61 Å². The summed E-state index contributed by atoms with van der Waals surface area (Å²) in [6.07, 6.45) is 0.715. The molecule has 0 radical (unpaired) electrons. The van der Waals surface area contributed by atoms with Crippen LogP contribution in [0, 0.1) is 10.1 Å². The Hall–Kier alpha value is -2.62. The van der Waals surface area contributed by atoms with Crippen molar-refractivity contribution in [2.24, 2.45) is 0 Å². The monoisotopic (exact) mass is 353 g/mol. The van der Waals surface area contributed by atoms with Crippen LogP contribution in [0.15, 0.2) is 48.5 Å². The highest BCUT2D eigenvalue weighted by atomic mass is 32.2. The number of nitro groups is 1. The topological polar surface area (TPSA) is 135 Å². The van der Waals surface area contributed by atoms with E-state index in [1.807, 2.05) is 0 Å². The first-order chi connectivity index (χ1) is 11.1. The highest BCUT2D eigenvalue weighted by Crippen LogP contribution is 2.21. The summed E-state index contributed by atoms with van der Waals surface area (Å²) in [5, 5.41) is 19.9. The molecular formula is C15H15NO7S. The van der Waals surface area contributed by atoms with Gasteiger partial charge in [-0.1, -0.05) is 30.3 Å². The van der Waals surface area contributed by atoms with Crippen molar-refractivity contribution in [1.82, 2.24) is 0 Å². The van der Waals surface area contributed by atoms with Crippen LogP contribution in [0.25, 0.3) is 0 Å². The molecule has 0 aromatic heterocycles. The largest absolute Gasteiger partial charge is 0.391 e. The SMILES string of the molecule is CS(=O)(=O)O.O=C(c1ccccc1)c1ccc([N+](=O)[O-])c(CO)c1. The highest BCUT2D eigenvalue weighted by molar-refractivity contribution is 7.85. The molecule has 0 atom stereocenters. The zero-order valence-corrected chi connectivity index (χ0v) is 13.4. The van der Waals surface area contributed by atoms with Crippen LogP contribution < -0.4 is 0 Å². The van der Waals surface area contributed by atoms with Crippen molar-refractivity contribution in [1.29, 1.82) is 0 Å². The van der Waals surface area contributed by atoms with Crippen LogP contribution in [0.2, 0.25) is 0 Å². The number of hydrogen-bond donors (Lipinski definition) is 2. The second-order valence-electron chi connectivity index (χ2n) is 4.69. The normalized spacial score (nSPS) is 10.5. The molecule has 2 aromatic carbocycles. The Morgan fingerprint density at radius 2 is 1.67 bits per heavy atom. The molecule has 0 heterocycles. The van der Waals surface area contributed by atoms with Gasteiger partial charge in [-0.3, -0.25) is 19.5 Å². The zero-order chi connectivity index (χ0) is 18.3. The molecule has 0 amide bonds. The lowest BCUT2D eigenvalue weighted by Crippen LogP contribution is -2.04. The number of ketones is 1. The smallest absolute Gasteiger partial charge is 0.274 e. The fraction of sp³-hybridized carbons (Fsp3) is 0.133. The fourth-order valence-electron chi connectivity index (χ4n) is 1.79. The van der Waals surface area contributed by atoms with Crippen LogP contribution in [0.1, 0.15) is 21.5 Å². The minimum Gasteiger partial charge on any atom is -0.391 e. The first kappa shape index (κ1) is 19.4. The molecule has 2 N–H and O–H groups in total. The lowest BCUT2D eigenvalue weighted by atomic mass is 10.0. The van der Waals surface area contributed by atoms with Crippen molar-refractivity contribution < 1.29 is 27.8 Å². The maximum atomic E-state index is 12.1. The number of carbonyl (C=O) groups is 1. The number of aliphatic hydroxyl groups excluding tert-OH is 1. The lowest BCUT2D eigenvalue weighted by Gasteiger charge is -2.04. The van der Waals surface area contributed by atoms with Crippen LogP contribution in [0.4, 0.5) is 5.69 Å². The van der Waals surface area contributed by atoms with E-state index in [4.69, 9.17) is 9.66 Å². The van der Waals surface area contributed by atoms with Crippen LogP contribution in [-0.2, 0) is 16.7 Å². The number of benzene rings is 2. The standard InChI is InChI=1S/C14H11NO4.CH4O3S/c16-9-12-8-11(6-7-13(12)15(18)19)14(17)10-4-2-1-3-5-10;1-5(2,3)4/h1-8,16H,9H2;1H3,(H,2,3,4). The van der Waals surface area contributed by atoms with E-state index in [2.05, 4.69) is 0 Å². The molecule has 2 rings (SSSR count). The van der Waals surface area contributed by atoms with Gasteiger partial charge in [0.25, 0.3) is 15.8 Å². The second kappa shape index (κ2) is 8.29. The number of nitrogens with zero attached hydrogens (tertiary/aromatic N) is 1. The second-order valence-corrected chi connectivity index (χ2v) is 6.15. The molecule has 0 bridgehead atoms. The highest BCUT2D eigenvalue weighted by Gasteiger charge is 2.16. The predicted octanol–water partition coefficient (Wildman–Crippen LogP) is 1.82. The number of hydrogen-bond acceptors (Lipinski definition) is 6. The molecule has 0 saturated heterocycles. The van der Waals surface area contributed by atoms with Gasteiger partial charge in [0.2, 0.25) is 0 Å². The minimum atomic E-state index is -3.67. The molecule has 9 heteroatoms. The van der Waals surface area contributed by atoms with Gasteiger partial charge in [0.1, 0.15) is 0 Å². The Balaban J connectivity index is 0.000000505. The van der Waals surface area contributed by atoms with E-state index in [0.29, 0.717) is 17.4 Å². The van der Waals surface area contributed by atoms with Gasteiger partial charge in [0, 0.05) is 17.2 Å². The third kappa shape index (κ3) is 6.24. The van der Waals surface area contributed by atoms with E-state index in [1.165, 1.54) is 18.2 Å². The van der Waals surface area contributed by atoms with Crippen LogP contribution >= 0.6 is 0 Å². The lowest BCUT2D eigenvalue weighted by molar-refractivity contribution is -0.385. The summed E-state index contributed by atoms with van der Waals surface area (Å²) >= 11 is 0. The van der Waals surface area contributed by atoms with Crippen LogP contribution in [0.3, 0.4) is 0 Å². The van der Waals surface area contributed by atoms with Crippen molar-refractivity contribution >= 4 is 21.6 Å². The van der Waals surface area contributed by atoms with Gasteiger partial charge in [0.15, 0.2) is 5.78 Å². The van der Waals surface area contributed by atoms with Gasteiger partial charge in [-0.15, -0.1) is 0 Å². The summed E-state index contributed by atoms with van der Waals surface area (Å²) in [4.78, 5) is 22.3. The van der Waals surface area contributed by atoms with Crippen LogP contribution in [-0.4, -0.2) is 35.0 Å². The summed E-state index contributed by atoms with van der Waals surface area (Å²) in [5.41, 5.74) is 0.764. The van der Waals surface area contributed by atoms with Gasteiger partial charge in [-0.25, -0.2) is 0 Å². The van der Waals surface area contributed by atoms with E-state index in [9.17, 15) is 23.3 Å². The summed E-state index contributed by atoms with van der Waals surface area (Å²) in [7, 11) is -3.67. The molecule has 2 aromatic rings. The van der Waals surface area contributed by atoms with E-state index in [1.54, 1.807) is 30.3 Å². The van der Waals surface area contributed by atoms with E-state index < -0.39 is 21.6 Å². The molecule has 8 nitrogen and oxygen atoms in total. The Labute approximate surface area is 138 Å². The van der Waals surface area contributed by atoms with Gasteiger partial charge in [0.05, 0.1) is 23.3 Å². The fourth-order valence-corrected chi connectivity index (χ4v) is 1.79. The minimum absolute atomic E-state index is 0.131. The summed E-state index contributed by atoms with van der Waals surface area (Å²) in [6.45, 7) is -0.480. The Kier molecular flexibility index (Phi) is 6.71. The van der Waals surface area contributed by atoms with E-state index in [-0.39, 0.29) is 17.0 Å². The van der Waals surface area contributed by atoms with Crippen molar-refractivity contribution in [3.63, 3.8) is 0 Å². The third-order valence-electron chi connectivity index (χ3n) is 2.74. The molecule has 0 spiro atoms. The molecule has 128 valence electrons. The van der Waals surface area contributed by atoms with E-state index >= 15 is 0 Å². The number of aliphatic hydroxyl groups is 1. The number of rotatable bonds is 4. The molecule has 0 aliphatic carbocycles. The van der Waals surface area contributed by atoms with Crippen molar-refractivity contribution in [2.75, 3.05) is 6.26 Å².